The van der Waals surface area contributed by atoms with E-state index in [4.69, 9.17) is 5.11 Å². The number of aliphatic carboxylic acids is 1. The molecule has 0 radical (unpaired) electrons. The zero-order valence-corrected chi connectivity index (χ0v) is 8.33. The van der Waals surface area contributed by atoms with Crippen LogP contribution in [-0.4, -0.2) is 23.7 Å². The molecule has 0 fully saturated rings. The van der Waals surface area contributed by atoms with Gasteiger partial charge in [0.2, 0.25) is 0 Å². The minimum absolute atomic E-state index is 0.0292. The largest absolute Gasteiger partial charge is 0.481 e. The molecule has 0 aromatic heterocycles. The summed E-state index contributed by atoms with van der Waals surface area (Å²) in [6.45, 7) is 0.0292. The lowest BCUT2D eigenvalue weighted by molar-refractivity contribution is -0.146. The number of carbonyl (C=O) groups is 2. The number of hydrogen-bond acceptors (Lipinski definition) is 3. The second-order valence-corrected chi connectivity index (χ2v) is 2.37. The van der Waals surface area contributed by atoms with Crippen LogP contribution in [0.2, 0.25) is 0 Å². The molecule has 0 heterocycles. The zero-order chi connectivity index (χ0) is 9.40. The fraction of sp³-hybridized carbons (Fsp3) is 0.429. The highest BCUT2D eigenvalue weighted by atomic mass is 127. The third kappa shape index (κ3) is 7.34. The number of carbonyl (C=O) groups excluding carboxylic acids is 1. The summed E-state index contributed by atoms with van der Waals surface area (Å²) in [7, 11) is 0. The topological polar surface area (TPSA) is 63.6 Å². The Bertz CT molecular complexity index is 225. The molecule has 0 amide bonds. The lowest BCUT2D eigenvalue weighted by atomic mass is 10.3. The van der Waals surface area contributed by atoms with Crippen molar-refractivity contribution in [2.24, 2.45) is 0 Å². The van der Waals surface area contributed by atoms with E-state index in [2.05, 4.69) is 14.6 Å². The van der Waals surface area contributed by atoms with E-state index in [0.29, 0.717) is 0 Å². The molecular weight excluding hydrogens is 275 g/mol. The molecule has 4 nitrogen and oxygen atoms in total. The van der Waals surface area contributed by atoms with E-state index in [1.54, 1.807) is 0 Å². The molecule has 0 aliphatic rings. The van der Waals surface area contributed by atoms with Crippen LogP contribution in [0, 0.1) is 9.85 Å². The van der Waals surface area contributed by atoms with Crippen molar-refractivity contribution < 1.29 is 19.4 Å². The van der Waals surface area contributed by atoms with Crippen LogP contribution < -0.4 is 0 Å². The van der Waals surface area contributed by atoms with Gasteiger partial charge in [0.1, 0.15) is 0 Å². The van der Waals surface area contributed by atoms with Crippen LogP contribution in [0.3, 0.4) is 0 Å². The average molecular weight is 282 g/mol. The van der Waals surface area contributed by atoms with Gasteiger partial charge >= 0.3 is 11.9 Å². The monoisotopic (exact) mass is 282 g/mol. The van der Waals surface area contributed by atoms with Crippen LogP contribution in [0.1, 0.15) is 12.8 Å². The number of carboxylic acids is 1. The summed E-state index contributed by atoms with van der Waals surface area (Å²) in [6, 6.07) is 0. The molecule has 0 atom stereocenters. The maximum Gasteiger partial charge on any atom is 0.307 e. The van der Waals surface area contributed by atoms with Crippen molar-refractivity contribution in [2.75, 3.05) is 6.61 Å². The fourth-order valence-electron chi connectivity index (χ4n) is 0.425. The SMILES string of the molecule is O=C(O)CCC(=O)OCC#CI. The van der Waals surface area contributed by atoms with Gasteiger partial charge in [-0.15, -0.1) is 0 Å². The standard InChI is InChI=1S/C7H7IO4/c8-4-1-5-12-7(11)3-2-6(9)10/h2-3,5H2,(H,9,10). The van der Waals surface area contributed by atoms with Gasteiger partial charge in [0.15, 0.2) is 6.61 Å². The van der Waals surface area contributed by atoms with Crippen molar-refractivity contribution in [3.05, 3.63) is 0 Å². The molecule has 0 saturated heterocycles. The first-order valence-corrected chi connectivity index (χ1v) is 4.20. The molecule has 0 spiro atoms. The van der Waals surface area contributed by atoms with E-state index in [9.17, 15) is 9.59 Å². The third-order valence-corrected chi connectivity index (χ3v) is 1.30. The second kappa shape index (κ2) is 6.91. The highest BCUT2D eigenvalue weighted by Gasteiger charge is 2.04. The molecule has 0 aromatic carbocycles. The van der Waals surface area contributed by atoms with Crippen LogP contribution >= 0.6 is 22.6 Å². The second-order valence-electron chi connectivity index (χ2n) is 1.83. The Morgan fingerprint density at radius 1 is 1.42 bits per heavy atom. The Morgan fingerprint density at radius 3 is 2.58 bits per heavy atom. The lowest BCUT2D eigenvalue weighted by Gasteiger charge is -1.97. The third-order valence-electron chi connectivity index (χ3n) is 0.915. The molecule has 0 unspecified atom stereocenters. The van der Waals surface area contributed by atoms with Gasteiger partial charge in [-0.1, -0.05) is 5.92 Å². The minimum atomic E-state index is -1.01. The Kier molecular flexibility index (Phi) is 6.47. The predicted molar refractivity (Wildman–Crippen MR) is 49.6 cm³/mol. The van der Waals surface area contributed by atoms with Crippen molar-refractivity contribution in [1.82, 2.24) is 0 Å². The highest BCUT2D eigenvalue weighted by Crippen LogP contribution is 1.92. The average Bonchev–Trinajstić information content (AvgIpc) is 2.01. The quantitative estimate of drug-likeness (QED) is 0.470. The molecule has 66 valence electrons. The molecule has 0 aliphatic heterocycles. The maximum atomic E-state index is 10.7. The van der Waals surface area contributed by atoms with Crippen LogP contribution in [0.25, 0.3) is 0 Å². The van der Waals surface area contributed by atoms with Crippen molar-refractivity contribution in [3.8, 4) is 9.85 Å². The van der Waals surface area contributed by atoms with E-state index in [-0.39, 0.29) is 19.4 Å². The normalized spacial score (nSPS) is 8.08. The van der Waals surface area contributed by atoms with Crippen LogP contribution in [0.15, 0.2) is 0 Å². The first kappa shape index (κ1) is 11.2. The van der Waals surface area contributed by atoms with E-state index in [1.165, 1.54) is 0 Å². The van der Waals surface area contributed by atoms with Crippen LogP contribution in [0.4, 0.5) is 0 Å². The molecule has 0 rings (SSSR count). The maximum absolute atomic E-state index is 10.7. The van der Waals surface area contributed by atoms with Crippen molar-refractivity contribution >= 4 is 34.5 Å². The Balaban J connectivity index is 3.44. The van der Waals surface area contributed by atoms with Gasteiger partial charge in [-0.3, -0.25) is 9.59 Å². The summed E-state index contributed by atoms with van der Waals surface area (Å²) in [6.07, 6.45) is -0.297. The van der Waals surface area contributed by atoms with Gasteiger partial charge in [-0.2, -0.15) is 0 Å². The van der Waals surface area contributed by atoms with Crippen LogP contribution in [0.5, 0.6) is 0 Å². The Morgan fingerprint density at radius 2 is 2.08 bits per heavy atom. The summed E-state index contributed by atoms with van der Waals surface area (Å²) >= 11 is 1.82. The number of halogens is 1. The summed E-state index contributed by atoms with van der Waals surface area (Å²) in [5, 5.41) is 8.20. The summed E-state index contributed by atoms with van der Waals surface area (Å²) in [5.41, 5.74) is 0. The summed E-state index contributed by atoms with van der Waals surface area (Å²) < 4.78 is 7.07. The smallest absolute Gasteiger partial charge is 0.307 e. The van der Waals surface area contributed by atoms with E-state index in [0.717, 1.165) is 0 Å². The lowest BCUT2D eigenvalue weighted by Crippen LogP contribution is -2.07. The van der Waals surface area contributed by atoms with Gasteiger partial charge in [0, 0.05) is 22.6 Å². The summed E-state index contributed by atoms with van der Waals surface area (Å²) in [5.74, 6) is 0.975. The molecule has 0 aromatic rings. The Labute approximate surface area is 83.4 Å². The molecule has 1 N–H and O–H groups in total. The van der Waals surface area contributed by atoms with Crippen LogP contribution in [-0.2, 0) is 14.3 Å². The summed E-state index contributed by atoms with van der Waals surface area (Å²) in [4.78, 5) is 20.7. The fourth-order valence-corrected chi connectivity index (χ4v) is 0.581. The number of rotatable bonds is 4. The van der Waals surface area contributed by atoms with Crippen molar-refractivity contribution in [2.45, 2.75) is 12.8 Å². The first-order valence-electron chi connectivity index (χ1n) is 3.12. The van der Waals surface area contributed by atoms with E-state index >= 15 is 0 Å². The molecular formula is C7H7IO4. The molecule has 0 bridgehead atoms. The minimum Gasteiger partial charge on any atom is -0.481 e. The number of ether oxygens (including phenoxy) is 1. The van der Waals surface area contributed by atoms with Crippen molar-refractivity contribution in [1.29, 1.82) is 0 Å². The predicted octanol–water partition coefficient (Wildman–Crippen LogP) is 0.790. The van der Waals surface area contributed by atoms with Gasteiger partial charge in [0.05, 0.1) is 12.8 Å². The highest BCUT2D eigenvalue weighted by molar-refractivity contribution is 14.1. The first-order chi connectivity index (χ1) is 5.66. The van der Waals surface area contributed by atoms with Crippen molar-refractivity contribution in [3.63, 3.8) is 0 Å². The number of hydrogen-bond donors (Lipinski definition) is 1. The van der Waals surface area contributed by atoms with E-state index in [1.807, 2.05) is 22.6 Å². The molecule has 0 saturated carbocycles. The van der Waals surface area contributed by atoms with E-state index < -0.39 is 11.9 Å². The molecule has 0 aliphatic carbocycles. The van der Waals surface area contributed by atoms with Gasteiger partial charge in [0.25, 0.3) is 0 Å². The zero-order valence-electron chi connectivity index (χ0n) is 6.17. The van der Waals surface area contributed by atoms with Gasteiger partial charge < -0.3 is 9.84 Å². The number of esters is 1. The molecule has 5 heteroatoms. The number of carboxylic acid groups (broad SMARTS) is 1. The van der Waals surface area contributed by atoms with Gasteiger partial charge in [-0.05, 0) is 3.93 Å². The molecule has 12 heavy (non-hydrogen) atoms. The van der Waals surface area contributed by atoms with Gasteiger partial charge in [-0.25, -0.2) is 0 Å². The Hall–Kier alpha value is -0.770.